The minimum Gasteiger partial charge on any atom is -0.483 e. The average molecular weight is 307 g/mol. The highest BCUT2D eigenvalue weighted by Crippen LogP contribution is 2.19. The molecule has 1 amide bonds. The topological polar surface area (TPSA) is 55.8 Å². The normalized spacial score (nSPS) is 10.2. The van der Waals surface area contributed by atoms with Crippen LogP contribution in [0.25, 0.3) is 0 Å². The number of hydrogen-bond donors (Lipinski definition) is 0. The molecule has 22 heavy (non-hydrogen) atoms. The maximum absolute atomic E-state index is 12.2. The van der Waals surface area contributed by atoms with Gasteiger partial charge in [0, 0.05) is 6.54 Å². The Balaban J connectivity index is 2.62. The van der Waals surface area contributed by atoms with Crippen LogP contribution in [0, 0.1) is 13.8 Å². The van der Waals surface area contributed by atoms with Crippen molar-refractivity contribution >= 4 is 11.9 Å². The van der Waals surface area contributed by atoms with Crippen LogP contribution < -0.4 is 4.74 Å². The van der Waals surface area contributed by atoms with Gasteiger partial charge in [0.25, 0.3) is 5.91 Å². The van der Waals surface area contributed by atoms with E-state index in [9.17, 15) is 9.59 Å². The standard InChI is InChI=1S/C17H25NO4/c1-5-9-18(11-17(20)21-6-2)16(19)12-22-15-10-13(3)7-8-14(15)4/h7-8,10H,5-6,9,11-12H2,1-4H3. The van der Waals surface area contributed by atoms with Crippen LogP contribution in [0.2, 0.25) is 0 Å². The molecule has 0 aromatic heterocycles. The van der Waals surface area contributed by atoms with Gasteiger partial charge in [-0.2, -0.15) is 0 Å². The second kappa shape index (κ2) is 9.07. The minimum atomic E-state index is -0.393. The lowest BCUT2D eigenvalue weighted by Gasteiger charge is -2.21. The van der Waals surface area contributed by atoms with Crippen molar-refractivity contribution in [3.63, 3.8) is 0 Å². The summed E-state index contributed by atoms with van der Waals surface area (Å²) in [6.07, 6.45) is 0.772. The Labute approximate surface area is 132 Å². The maximum Gasteiger partial charge on any atom is 0.325 e. The summed E-state index contributed by atoms with van der Waals surface area (Å²) in [4.78, 5) is 25.3. The van der Waals surface area contributed by atoms with Gasteiger partial charge in [0.2, 0.25) is 0 Å². The zero-order valence-electron chi connectivity index (χ0n) is 13.8. The molecule has 0 spiro atoms. The van der Waals surface area contributed by atoms with E-state index in [4.69, 9.17) is 9.47 Å². The van der Waals surface area contributed by atoms with Gasteiger partial charge in [0.1, 0.15) is 12.3 Å². The van der Waals surface area contributed by atoms with E-state index in [-0.39, 0.29) is 19.1 Å². The first kappa shape index (κ1) is 18.0. The second-order valence-corrected chi connectivity index (χ2v) is 5.18. The van der Waals surface area contributed by atoms with Crippen LogP contribution in [0.5, 0.6) is 5.75 Å². The monoisotopic (exact) mass is 307 g/mol. The van der Waals surface area contributed by atoms with Gasteiger partial charge in [-0.3, -0.25) is 9.59 Å². The van der Waals surface area contributed by atoms with Crippen LogP contribution in [0.15, 0.2) is 18.2 Å². The van der Waals surface area contributed by atoms with E-state index in [1.54, 1.807) is 6.92 Å². The molecule has 0 saturated carbocycles. The Hall–Kier alpha value is -2.04. The summed E-state index contributed by atoms with van der Waals surface area (Å²) in [5.74, 6) is 0.0905. The van der Waals surface area contributed by atoms with Crippen molar-refractivity contribution in [2.75, 3.05) is 26.3 Å². The number of aryl methyl sites for hydroxylation is 2. The summed E-state index contributed by atoms with van der Waals surface area (Å²) in [5, 5.41) is 0. The van der Waals surface area contributed by atoms with Crippen LogP contribution in [0.1, 0.15) is 31.4 Å². The number of hydrogen-bond acceptors (Lipinski definition) is 4. The summed E-state index contributed by atoms with van der Waals surface area (Å²) in [6.45, 7) is 8.31. The van der Waals surface area contributed by atoms with Crippen molar-refractivity contribution in [2.45, 2.75) is 34.1 Å². The third kappa shape index (κ3) is 5.76. The van der Waals surface area contributed by atoms with Crippen molar-refractivity contribution in [3.8, 4) is 5.75 Å². The van der Waals surface area contributed by atoms with Crippen LogP contribution in [-0.2, 0) is 14.3 Å². The maximum atomic E-state index is 12.2. The Morgan fingerprint density at radius 1 is 1.18 bits per heavy atom. The van der Waals surface area contributed by atoms with Gasteiger partial charge in [0.15, 0.2) is 6.61 Å². The van der Waals surface area contributed by atoms with Crippen molar-refractivity contribution in [1.82, 2.24) is 4.90 Å². The zero-order chi connectivity index (χ0) is 16.5. The van der Waals surface area contributed by atoms with Crippen LogP contribution in [0.4, 0.5) is 0 Å². The quantitative estimate of drug-likeness (QED) is 0.692. The predicted octanol–water partition coefficient (Wildman–Crippen LogP) is 2.48. The van der Waals surface area contributed by atoms with Crippen LogP contribution in [-0.4, -0.2) is 43.1 Å². The molecule has 122 valence electrons. The fraction of sp³-hybridized carbons (Fsp3) is 0.529. The fourth-order valence-corrected chi connectivity index (χ4v) is 2.02. The summed E-state index contributed by atoms with van der Waals surface area (Å²) >= 11 is 0. The van der Waals surface area contributed by atoms with Crippen LogP contribution in [0.3, 0.4) is 0 Å². The van der Waals surface area contributed by atoms with Gasteiger partial charge in [-0.15, -0.1) is 0 Å². The van der Waals surface area contributed by atoms with Crippen molar-refractivity contribution in [1.29, 1.82) is 0 Å². The lowest BCUT2D eigenvalue weighted by molar-refractivity contribution is -0.149. The van der Waals surface area contributed by atoms with Gasteiger partial charge < -0.3 is 14.4 Å². The predicted molar refractivity (Wildman–Crippen MR) is 84.9 cm³/mol. The average Bonchev–Trinajstić information content (AvgIpc) is 2.47. The molecular formula is C17H25NO4. The molecule has 5 nitrogen and oxygen atoms in total. The van der Waals surface area contributed by atoms with Crippen molar-refractivity contribution in [2.24, 2.45) is 0 Å². The lowest BCUT2D eigenvalue weighted by atomic mass is 10.1. The molecule has 0 saturated heterocycles. The first-order valence-electron chi connectivity index (χ1n) is 7.61. The molecule has 0 fully saturated rings. The summed E-state index contributed by atoms with van der Waals surface area (Å²) < 4.78 is 10.5. The molecule has 0 aliphatic rings. The van der Waals surface area contributed by atoms with E-state index >= 15 is 0 Å². The highest BCUT2D eigenvalue weighted by atomic mass is 16.5. The molecule has 0 radical (unpaired) electrons. The van der Waals surface area contributed by atoms with E-state index in [1.165, 1.54) is 4.90 Å². The first-order chi connectivity index (χ1) is 10.5. The van der Waals surface area contributed by atoms with E-state index in [0.717, 1.165) is 17.5 Å². The Kier molecular flexibility index (Phi) is 7.43. The summed E-state index contributed by atoms with van der Waals surface area (Å²) in [5.41, 5.74) is 2.05. The number of benzene rings is 1. The number of rotatable bonds is 8. The first-order valence-corrected chi connectivity index (χ1v) is 7.61. The van der Waals surface area contributed by atoms with Gasteiger partial charge in [0.05, 0.1) is 6.61 Å². The molecule has 0 atom stereocenters. The molecule has 0 aliphatic heterocycles. The second-order valence-electron chi connectivity index (χ2n) is 5.18. The number of carbonyl (C=O) groups is 2. The SMILES string of the molecule is CCCN(CC(=O)OCC)C(=O)COc1cc(C)ccc1C. The van der Waals surface area contributed by atoms with Gasteiger partial charge >= 0.3 is 5.97 Å². The molecule has 1 aromatic rings. The van der Waals surface area contributed by atoms with Gasteiger partial charge in [-0.1, -0.05) is 19.1 Å². The molecule has 0 aliphatic carbocycles. The highest BCUT2D eigenvalue weighted by molar-refractivity contribution is 5.83. The highest BCUT2D eigenvalue weighted by Gasteiger charge is 2.18. The van der Waals surface area contributed by atoms with Crippen molar-refractivity contribution in [3.05, 3.63) is 29.3 Å². The molecule has 0 N–H and O–H groups in total. The molecule has 1 aromatic carbocycles. The number of ether oxygens (including phenoxy) is 2. The Morgan fingerprint density at radius 3 is 2.55 bits per heavy atom. The molecular weight excluding hydrogens is 282 g/mol. The number of amides is 1. The third-order valence-electron chi connectivity index (χ3n) is 3.17. The lowest BCUT2D eigenvalue weighted by Crippen LogP contribution is -2.39. The molecule has 0 heterocycles. The smallest absolute Gasteiger partial charge is 0.325 e. The minimum absolute atomic E-state index is 0.0311. The van der Waals surface area contributed by atoms with E-state index < -0.39 is 5.97 Å². The molecule has 1 rings (SSSR count). The molecule has 5 heteroatoms. The van der Waals surface area contributed by atoms with Gasteiger partial charge in [-0.25, -0.2) is 0 Å². The third-order valence-corrected chi connectivity index (χ3v) is 3.17. The molecule has 0 unspecified atom stereocenters. The van der Waals surface area contributed by atoms with E-state index in [1.807, 2.05) is 39.0 Å². The van der Waals surface area contributed by atoms with Gasteiger partial charge in [-0.05, 0) is 44.4 Å². The summed E-state index contributed by atoms with van der Waals surface area (Å²) in [7, 11) is 0. The van der Waals surface area contributed by atoms with E-state index in [2.05, 4.69) is 0 Å². The Morgan fingerprint density at radius 2 is 1.91 bits per heavy atom. The zero-order valence-corrected chi connectivity index (χ0v) is 13.8. The Bertz CT molecular complexity index is 513. The van der Waals surface area contributed by atoms with Crippen LogP contribution >= 0.6 is 0 Å². The fourth-order valence-electron chi connectivity index (χ4n) is 2.02. The van der Waals surface area contributed by atoms with Crippen molar-refractivity contribution < 1.29 is 19.1 Å². The summed E-state index contributed by atoms with van der Waals surface area (Å²) in [6, 6.07) is 5.85. The molecule has 0 bridgehead atoms. The number of carbonyl (C=O) groups excluding carboxylic acids is 2. The largest absolute Gasteiger partial charge is 0.483 e. The number of nitrogens with zero attached hydrogens (tertiary/aromatic N) is 1. The number of esters is 1. The van der Waals surface area contributed by atoms with E-state index in [0.29, 0.717) is 18.9 Å².